The van der Waals surface area contributed by atoms with E-state index in [4.69, 9.17) is 0 Å². The van der Waals surface area contributed by atoms with Crippen LogP contribution < -0.4 is 5.32 Å². The van der Waals surface area contributed by atoms with E-state index in [2.05, 4.69) is 43.4 Å². The van der Waals surface area contributed by atoms with Crippen LogP contribution in [0.5, 0.6) is 0 Å². The molecule has 0 aromatic heterocycles. The van der Waals surface area contributed by atoms with Crippen LogP contribution in [0.25, 0.3) is 0 Å². The fraction of sp³-hybridized carbons (Fsp3) is 0.600. The molecular formula is C15H23NO. The summed E-state index contributed by atoms with van der Waals surface area (Å²) in [5.74, 6) is 1.05. The van der Waals surface area contributed by atoms with Gasteiger partial charge in [-0.2, -0.15) is 0 Å². The molecule has 2 unspecified atom stereocenters. The highest BCUT2D eigenvalue weighted by atomic mass is 16.3. The van der Waals surface area contributed by atoms with E-state index in [1.54, 1.807) is 0 Å². The van der Waals surface area contributed by atoms with Crippen molar-refractivity contribution in [2.45, 2.75) is 44.6 Å². The first kappa shape index (κ1) is 12.6. The van der Waals surface area contributed by atoms with Gasteiger partial charge in [0, 0.05) is 12.0 Å². The zero-order chi connectivity index (χ0) is 12.3. The monoisotopic (exact) mass is 233 g/mol. The molecule has 1 heterocycles. The van der Waals surface area contributed by atoms with E-state index < -0.39 is 0 Å². The normalized spacial score (nSPS) is 25.2. The lowest BCUT2D eigenvalue weighted by molar-refractivity contribution is 0.202. The molecule has 0 radical (unpaired) electrons. The number of piperidine rings is 1. The largest absolute Gasteiger partial charge is 0.395 e. The Labute approximate surface area is 104 Å². The van der Waals surface area contributed by atoms with E-state index in [9.17, 15) is 5.11 Å². The molecule has 0 aliphatic carbocycles. The maximum atomic E-state index is 9.40. The van der Waals surface area contributed by atoms with Crippen LogP contribution in [0.3, 0.4) is 0 Å². The summed E-state index contributed by atoms with van der Waals surface area (Å²) in [4.78, 5) is 0. The Morgan fingerprint density at radius 3 is 2.59 bits per heavy atom. The van der Waals surface area contributed by atoms with Gasteiger partial charge < -0.3 is 10.4 Å². The molecule has 1 aromatic carbocycles. The van der Waals surface area contributed by atoms with Gasteiger partial charge in [0.15, 0.2) is 0 Å². The van der Waals surface area contributed by atoms with Crippen LogP contribution in [-0.2, 0) is 0 Å². The predicted molar refractivity (Wildman–Crippen MR) is 71.4 cm³/mol. The van der Waals surface area contributed by atoms with E-state index in [0.717, 1.165) is 6.54 Å². The second kappa shape index (κ2) is 5.65. The molecule has 2 heteroatoms. The van der Waals surface area contributed by atoms with Crippen LogP contribution in [0, 0.1) is 0 Å². The van der Waals surface area contributed by atoms with E-state index >= 15 is 0 Å². The van der Waals surface area contributed by atoms with E-state index in [0.29, 0.717) is 11.8 Å². The molecule has 94 valence electrons. The molecule has 2 atom stereocenters. The van der Waals surface area contributed by atoms with Gasteiger partial charge in [-0.25, -0.2) is 0 Å². The highest BCUT2D eigenvalue weighted by molar-refractivity contribution is 5.28. The van der Waals surface area contributed by atoms with Crippen molar-refractivity contribution in [1.82, 2.24) is 5.32 Å². The van der Waals surface area contributed by atoms with Crippen LogP contribution in [-0.4, -0.2) is 24.3 Å². The smallest absolute Gasteiger partial charge is 0.0590 e. The quantitative estimate of drug-likeness (QED) is 0.841. The van der Waals surface area contributed by atoms with Crippen molar-refractivity contribution in [3.63, 3.8) is 0 Å². The minimum absolute atomic E-state index is 0.230. The van der Waals surface area contributed by atoms with Gasteiger partial charge in [0.25, 0.3) is 0 Å². The molecule has 0 bridgehead atoms. The summed E-state index contributed by atoms with van der Waals surface area (Å²) in [5.41, 5.74) is 2.75. The van der Waals surface area contributed by atoms with Crippen LogP contribution in [0.4, 0.5) is 0 Å². The lowest BCUT2D eigenvalue weighted by atomic mass is 9.84. The molecule has 1 aliphatic heterocycles. The van der Waals surface area contributed by atoms with Gasteiger partial charge in [0.05, 0.1) is 6.61 Å². The topological polar surface area (TPSA) is 32.3 Å². The maximum absolute atomic E-state index is 9.40. The molecule has 0 saturated carbocycles. The Hall–Kier alpha value is -0.860. The highest BCUT2D eigenvalue weighted by Crippen LogP contribution is 2.28. The second-order valence-electron chi connectivity index (χ2n) is 5.31. The molecular weight excluding hydrogens is 210 g/mol. The molecule has 1 saturated heterocycles. The third kappa shape index (κ3) is 2.88. The molecule has 0 amide bonds. The van der Waals surface area contributed by atoms with E-state index in [1.165, 1.54) is 24.0 Å². The Morgan fingerprint density at radius 2 is 2.00 bits per heavy atom. The Balaban J connectivity index is 2.15. The van der Waals surface area contributed by atoms with Crippen molar-refractivity contribution in [2.75, 3.05) is 13.2 Å². The molecule has 2 N–H and O–H groups in total. The maximum Gasteiger partial charge on any atom is 0.0590 e. The highest BCUT2D eigenvalue weighted by Gasteiger charge is 2.25. The molecule has 1 aromatic rings. The summed E-state index contributed by atoms with van der Waals surface area (Å²) in [7, 11) is 0. The fourth-order valence-corrected chi connectivity index (χ4v) is 2.67. The number of aliphatic hydroxyl groups is 1. The van der Waals surface area contributed by atoms with Crippen LogP contribution in [0.1, 0.15) is 49.7 Å². The van der Waals surface area contributed by atoms with Gasteiger partial charge in [-0.1, -0.05) is 38.1 Å². The first-order chi connectivity index (χ1) is 8.22. The SMILES string of the molecule is CC(C)c1ccc(C2CCCNC2CO)cc1. The van der Waals surface area contributed by atoms with Gasteiger partial charge in [-0.3, -0.25) is 0 Å². The van der Waals surface area contributed by atoms with Gasteiger partial charge in [-0.15, -0.1) is 0 Å². The van der Waals surface area contributed by atoms with E-state index in [1.807, 2.05) is 0 Å². The molecule has 17 heavy (non-hydrogen) atoms. The number of aliphatic hydroxyl groups excluding tert-OH is 1. The van der Waals surface area contributed by atoms with Gasteiger partial charge in [0.2, 0.25) is 0 Å². The van der Waals surface area contributed by atoms with Crippen molar-refractivity contribution in [3.8, 4) is 0 Å². The summed E-state index contributed by atoms with van der Waals surface area (Å²) in [5, 5.41) is 12.8. The fourth-order valence-electron chi connectivity index (χ4n) is 2.67. The van der Waals surface area contributed by atoms with Gasteiger partial charge in [0.1, 0.15) is 0 Å². The molecule has 1 aliphatic rings. The minimum Gasteiger partial charge on any atom is -0.395 e. The number of benzene rings is 1. The number of hydrogen-bond acceptors (Lipinski definition) is 2. The first-order valence-corrected chi connectivity index (χ1v) is 6.66. The number of hydrogen-bond donors (Lipinski definition) is 2. The Bertz CT molecular complexity index is 344. The van der Waals surface area contributed by atoms with Crippen molar-refractivity contribution in [2.24, 2.45) is 0 Å². The molecule has 2 rings (SSSR count). The average molecular weight is 233 g/mol. The number of nitrogens with one attached hydrogen (secondary N) is 1. The predicted octanol–water partition coefficient (Wildman–Crippen LogP) is 2.64. The molecule has 0 spiro atoms. The van der Waals surface area contributed by atoms with Crippen molar-refractivity contribution >= 4 is 0 Å². The summed E-state index contributed by atoms with van der Waals surface area (Å²) in [6.45, 7) is 5.70. The summed E-state index contributed by atoms with van der Waals surface area (Å²) in [6.07, 6.45) is 2.38. The van der Waals surface area contributed by atoms with Crippen molar-refractivity contribution in [1.29, 1.82) is 0 Å². The van der Waals surface area contributed by atoms with Gasteiger partial charge in [-0.05, 0) is 36.4 Å². The van der Waals surface area contributed by atoms with Crippen molar-refractivity contribution < 1.29 is 5.11 Å². The Kier molecular flexibility index (Phi) is 4.19. The molecule has 2 nitrogen and oxygen atoms in total. The van der Waals surface area contributed by atoms with Crippen LogP contribution >= 0.6 is 0 Å². The zero-order valence-electron chi connectivity index (χ0n) is 10.8. The Morgan fingerprint density at radius 1 is 1.29 bits per heavy atom. The third-order valence-corrected chi connectivity index (χ3v) is 3.81. The van der Waals surface area contributed by atoms with Gasteiger partial charge >= 0.3 is 0 Å². The lowest BCUT2D eigenvalue weighted by Crippen LogP contribution is -2.42. The summed E-state index contributed by atoms with van der Waals surface area (Å²) >= 11 is 0. The van der Waals surface area contributed by atoms with Crippen LogP contribution in [0.2, 0.25) is 0 Å². The lowest BCUT2D eigenvalue weighted by Gasteiger charge is -2.31. The van der Waals surface area contributed by atoms with Crippen molar-refractivity contribution in [3.05, 3.63) is 35.4 Å². The standard InChI is InChI=1S/C15H23NO/c1-11(2)12-5-7-13(8-6-12)14-4-3-9-16-15(14)10-17/h5-8,11,14-17H,3-4,9-10H2,1-2H3. The zero-order valence-corrected chi connectivity index (χ0v) is 10.8. The first-order valence-electron chi connectivity index (χ1n) is 6.66. The van der Waals surface area contributed by atoms with E-state index in [-0.39, 0.29) is 12.6 Å². The second-order valence-corrected chi connectivity index (χ2v) is 5.31. The molecule has 1 fully saturated rings. The number of rotatable bonds is 3. The van der Waals surface area contributed by atoms with Crippen LogP contribution in [0.15, 0.2) is 24.3 Å². The third-order valence-electron chi connectivity index (χ3n) is 3.81. The summed E-state index contributed by atoms with van der Waals surface area (Å²) < 4.78 is 0. The minimum atomic E-state index is 0.230. The summed E-state index contributed by atoms with van der Waals surface area (Å²) in [6, 6.07) is 9.14. The average Bonchev–Trinajstić information content (AvgIpc) is 2.39.